The number of rotatable bonds is 3. The van der Waals surface area contributed by atoms with Crippen molar-refractivity contribution < 1.29 is 17.6 Å². The molecule has 1 N–H and O–H groups in total. The SMILES string of the molecule is Fc1cc(Br)ccc1CNc1ccc(C(F)(F)F)cc1. The van der Waals surface area contributed by atoms with Crippen molar-refractivity contribution in [3.05, 3.63) is 63.9 Å². The Morgan fingerprint density at radius 2 is 1.65 bits per heavy atom. The Bertz CT molecular complexity index is 593. The molecule has 0 heterocycles. The molecule has 0 radical (unpaired) electrons. The summed E-state index contributed by atoms with van der Waals surface area (Å²) in [6.45, 7) is 0.199. The molecule has 0 unspecified atom stereocenters. The molecule has 0 aromatic heterocycles. The smallest absolute Gasteiger partial charge is 0.381 e. The summed E-state index contributed by atoms with van der Waals surface area (Å²) in [6, 6.07) is 9.26. The molecule has 2 aromatic rings. The quantitative estimate of drug-likeness (QED) is 0.750. The summed E-state index contributed by atoms with van der Waals surface area (Å²) >= 11 is 3.15. The number of nitrogens with one attached hydrogen (secondary N) is 1. The summed E-state index contributed by atoms with van der Waals surface area (Å²) in [4.78, 5) is 0. The van der Waals surface area contributed by atoms with Crippen LogP contribution in [0.15, 0.2) is 46.9 Å². The summed E-state index contributed by atoms with van der Waals surface area (Å²) in [6.07, 6.45) is -4.35. The lowest BCUT2D eigenvalue weighted by Gasteiger charge is -2.10. The Balaban J connectivity index is 2.04. The number of hydrogen-bond acceptors (Lipinski definition) is 1. The molecule has 0 spiro atoms. The van der Waals surface area contributed by atoms with Crippen LogP contribution in [0.4, 0.5) is 23.2 Å². The largest absolute Gasteiger partial charge is 0.416 e. The van der Waals surface area contributed by atoms with Crippen LogP contribution in [-0.4, -0.2) is 0 Å². The van der Waals surface area contributed by atoms with Crippen molar-refractivity contribution in [3.8, 4) is 0 Å². The van der Waals surface area contributed by atoms with Crippen LogP contribution in [0.2, 0.25) is 0 Å². The van der Waals surface area contributed by atoms with Crippen LogP contribution < -0.4 is 5.32 Å². The van der Waals surface area contributed by atoms with E-state index in [0.29, 0.717) is 15.7 Å². The lowest BCUT2D eigenvalue weighted by molar-refractivity contribution is -0.137. The molecule has 106 valence electrons. The van der Waals surface area contributed by atoms with E-state index in [1.165, 1.54) is 18.2 Å². The lowest BCUT2D eigenvalue weighted by Crippen LogP contribution is -2.05. The van der Waals surface area contributed by atoms with Gasteiger partial charge in [-0.1, -0.05) is 22.0 Å². The van der Waals surface area contributed by atoms with Gasteiger partial charge in [-0.05, 0) is 36.4 Å². The molecule has 0 aliphatic carbocycles. The van der Waals surface area contributed by atoms with E-state index in [1.54, 1.807) is 12.1 Å². The maximum absolute atomic E-state index is 13.6. The average molecular weight is 348 g/mol. The molecule has 0 saturated carbocycles. The Morgan fingerprint density at radius 1 is 1.00 bits per heavy atom. The molecule has 2 aromatic carbocycles. The van der Waals surface area contributed by atoms with Gasteiger partial charge in [0.2, 0.25) is 0 Å². The van der Waals surface area contributed by atoms with Gasteiger partial charge in [-0.25, -0.2) is 4.39 Å². The minimum atomic E-state index is -4.35. The van der Waals surface area contributed by atoms with Crippen LogP contribution in [0.1, 0.15) is 11.1 Å². The second-order valence-electron chi connectivity index (χ2n) is 4.16. The van der Waals surface area contributed by atoms with E-state index in [4.69, 9.17) is 0 Å². The zero-order valence-corrected chi connectivity index (χ0v) is 11.7. The van der Waals surface area contributed by atoms with Crippen molar-refractivity contribution in [2.24, 2.45) is 0 Å². The zero-order chi connectivity index (χ0) is 14.8. The van der Waals surface area contributed by atoms with Crippen molar-refractivity contribution in [1.29, 1.82) is 0 Å². The first-order valence-electron chi connectivity index (χ1n) is 5.71. The molecule has 2 rings (SSSR count). The van der Waals surface area contributed by atoms with Crippen LogP contribution >= 0.6 is 15.9 Å². The summed E-state index contributed by atoms with van der Waals surface area (Å²) in [5.74, 6) is -0.376. The second kappa shape index (κ2) is 5.83. The number of anilines is 1. The van der Waals surface area contributed by atoms with Gasteiger partial charge in [0.15, 0.2) is 0 Å². The summed E-state index contributed by atoms with van der Waals surface area (Å²) in [5.41, 5.74) is 0.228. The van der Waals surface area contributed by atoms with E-state index in [0.717, 1.165) is 12.1 Å². The highest BCUT2D eigenvalue weighted by Crippen LogP contribution is 2.29. The van der Waals surface area contributed by atoms with Crippen molar-refractivity contribution >= 4 is 21.6 Å². The van der Waals surface area contributed by atoms with Gasteiger partial charge in [0.25, 0.3) is 0 Å². The first kappa shape index (κ1) is 14.8. The first-order valence-corrected chi connectivity index (χ1v) is 6.50. The highest BCUT2D eigenvalue weighted by atomic mass is 79.9. The normalized spacial score (nSPS) is 11.4. The van der Waals surface area contributed by atoms with Gasteiger partial charge in [0.05, 0.1) is 5.56 Å². The Kier molecular flexibility index (Phi) is 4.32. The summed E-state index contributed by atoms with van der Waals surface area (Å²) in [5, 5.41) is 2.88. The number of benzene rings is 2. The van der Waals surface area contributed by atoms with E-state index in [1.807, 2.05) is 0 Å². The standard InChI is InChI=1S/C14H10BrF4N/c15-11-4-1-9(13(16)7-11)8-20-12-5-2-10(3-6-12)14(17,18)19/h1-7,20H,8H2. The fourth-order valence-corrected chi connectivity index (χ4v) is 1.97. The zero-order valence-electron chi connectivity index (χ0n) is 10.1. The lowest BCUT2D eigenvalue weighted by atomic mass is 10.2. The van der Waals surface area contributed by atoms with E-state index < -0.39 is 11.7 Å². The summed E-state index contributed by atoms with van der Waals surface area (Å²) < 4.78 is 51.3. The van der Waals surface area contributed by atoms with Gasteiger partial charge >= 0.3 is 6.18 Å². The predicted molar refractivity (Wildman–Crippen MR) is 72.9 cm³/mol. The van der Waals surface area contributed by atoms with Crippen LogP contribution in [0.5, 0.6) is 0 Å². The highest BCUT2D eigenvalue weighted by Gasteiger charge is 2.29. The fraction of sp³-hybridized carbons (Fsp3) is 0.143. The van der Waals surface area contributed by atoms with Crippen molar-refractivity contribution in [3.63, 3.8) is 0 Å². The van der Waals surface area contributed by atoms with Crippen molar-refractivity contribution in [2.75, 3.05) is 5.32 Å². The molecule has 0 amide bonds. The fourth-order valence-electron chi connectivity index (χ4n) is 1.64. The Morgan fingerprint density at radius 3 is 2.20 bits per heavy atom. The second-order valence-corrected chi connectivity index (χ2v) is 5.08. The first-order chi connectivity index (χ1) is 9.36. The van der Waals surface area contributed by atoms with E-state index in [9.17, 15) is 17.6 Å². The topological polar surface area (TPSA) is 12.0 Å². The number of alkyl halides is 3. The highest BCUT2D eigenvalue weighted by molar-refractivity contribution is 9.10. The minimum absolute atomic E-state index is 0.199. The van der Waals surface area contributed by atoms with Crippen LogP contribution in [-0.2, 0) is 12.7 Å². The van der Waals surface area contributed by atoms with Crippen LogP contribution in [0.3, 0.4) is 0 Å². The van der Waals surface area contributed by atoms with E-state index in [2.05, 4.69) is 21.2 Å². The third-order valence-corrected chi connectivity index (χ3v) is 3.20. The minimum Gasteiger partial charge on any atom is -0.381 e. The van der Waals surface area contributed by atoms with Crippen molar-refractivity contribution in [1.82, 2.24) is 0 Å². The van der Waals surface area contributed by atoms with Gasteiger partial charge in [-0.2, -0.15) is 13.2 Å². The maximum atomic E-state index is 13.6. The van der Waals surface area contributed by atoms with Gasteiger partial charge in [0, 0.05) is 22.3 Å². The molecular weight excluding hydrogens is 338 g/mol. The summed E-state index contributed by atoms with van der Waals surface area (Å²) in [7, 11) is 0. The molecule has 6 heteroatoms. The van der Waals surface area contributed by atoms with E-state index >= 15 is 0 Å². The maximum Gasteiger partial charge on any atom is 0.416 e. The van der Waals surface area contributed by atoms with Crippen molar-refractivity contribution in [2.45, 2.75) is 12.7 Å². The monoisotopic (exact) mass is 347 g/mol. The van der Waals surface area contributed by atoms with Crippen LogP contribution in [0.25, 0.3) is 0 Å². The van der Waals surface area contributed by atoms with Gasteiger partial charge in [0.1, 0.15) is 5.82 Å². The molecule has 1 nitrogen and oxygen atoms in total. The molecular formula is C14H10BrF4N. The van der Waals surface area contributed by atoms with Gasteiger partial charge < -0.3 is 5.32 Å². The molecule has 0 bridgehead atoms. The van der Waals surface area contributed by atoms with Gasteiger partial charge in [-0.3, -0.25) is 0 Å². The number of halogens is 5. The third kappa shape index (κ3) is 3.72. The molecule has 20 heavy (non-hydrogen) atoms. The third-order valence-electron chi connectivity index (χ3n) is 2.71. The van der Waals surface area contributed by atoms with E-state index in [-0.39, 0.29) is 12.4 Å². The average Bonchev–Trinajstić information content (AvgIpc) is 2.37. The molecule has 0 aliphatic heterocycles. The predicted octanol–water partition coefficient (Wildman–Crippen LogP) is 5.22. The molecule has 0 atom stereocenters. The molecule has 0 aliphatic rings. The molecule has 0 saturated heterocycles. The van der Waals surface area contributed by atoms with Gasteiger partial charge in [-0.15, -0.1) is 0 Å². The number of hydrogen-bond donors (Lipinski definition) is 1. The Hall–Kier alpha value is -1.56. The van der Waals surface area contributed by atoms with Crippen LogP contribution in [0, 0.1) is 5.82 Å². The Labute approximate surface area is 121 Å². The molecule has 0 fully saturated rings.